The van der Waals surface area contributed by atoms with Crippen LogP contribution >= 0.6 is 0 Å². The van der Waals surface area contributed by atoms with Crippen molar-refractivity contribution in [2.45, 2.75) is 6.92 Å². The Morgan fingerprint density at radius 2 is 1.89 bits per heavy atom. The average Bonchev–Trinajstić information content (AvgIpc) is 2.59. The minimum atomic E-state index is 0. The minimum absolute atomic E-state index is 0. The molecular weight excluding hydrogens is 253 g/mol. The van der Waals surface area contributed by atoms with Crippen LogP contribution in [0.4, 0.5) is 0 Å². The molecule has 0 atom stereocenters. The molecule has 1 aromatic heterocycles. The number of nitrogens with zero attached hydrogens (tertiary/aromatic N) is 3. The van der Waals surface area contributed by atoms with Gasteiger partial charge in [0.25, 0.3) is 0 Å². The van der Waals surface area contributed by atoms with E-state index in [0.29, 0.717) is 0 Å². The standard InChI is InChI=1S/C13H12N3.K.H2O/c1-10-9-16(2)13(15-10)12-5-3-11(4-6-12)7-8-14;;/h3-7,9H,1-2H3;;1H2/q-1;+1;. The fraction of sp³-hybridized carbons (Fsp3) is 0.154. The molecule has 0 unspecified atom stereocenters. The van der Waals surface area contributed by atoms with Gasteiger partial charge in [-0.2, -0.15) is 17.7 Å². The number of aromatic nitrogens is 2. The number of nitriles is 1. The van der Waals surface area contributed by atoms with Crippen LogP contribution in [0.15, 0.2) is 30.5 Å². The van der Waals surface area contributed by atoms with Crippen LogP contribution in [0.25, 0.3) is 11.4 Å². The first-order chi connectivity index (χ1) is 7.70. The minimum Gasteiger partial charge on any atom is -0.412 e. The van der Waals surface area contributed by atoms with Crippen LogP contribution in [0.2, 0.25) is 0 Å². The first-order valence-electron chi connectivity index (χ1n) is 5.04. The summed E-state index contributed by atoms with van der Waals surface area (Å²) in [5.41, 5.74) is 2.98. The maximum Gasteiger partial charge on any atom is 1.00 e. The third-order valence-corrected chi connectivity index (χ3v) is 2.40. The van der Waals surface area contributed by atoms with E-state index in [1.807, 2.05) is 55.1 Å². The monoisotopic (exact) mass is 267 g/mol. The second-order valence-electron chi connectivity index (χ2n) is 3.71. The predicted octanol–water partition coefficient (Wildman–Crippen LogP) is -1.35. The Kier molecular flexibility index (Phi) is 7.48. The van der Waals surface area contributed by atoms with Gasteiger partial charge in [-0.15, -0.1) is 12.1 Å². The zero-order valence-corrected chi connectivity index (χ0v) is 13.9. The molecular formula is C13H14KN3O. The van der Waals surface area contributed by atoms with Gasteiger partial charge in [0.1, 0.15) is 5.82 Å². The van der Waals surface area contributed by atoms with Crippen molar-refractivity contribution in [2.24, 2.45) is 7.05 Å². The second-order valence-corrected chi connectivity index (χ2v) is 3.71. The molecule has 0 fully saturated rings. The largest absolute Gasteiger partial charge is 1.00 e. The van der Waals surface area contributed by atoms with Gasteiger partial charge in [-0.1, -0.05) is 6.42 Å². The summed E-state index contributed by atoms with van der Waals surface area (Å²) in [6.45, 7) is 1.97. The van der Waals surface area contributed by atoms with E-state index in [-0.39, 0.29) is 56.9 Å². The van der Waals surface area contributed by atoms with Crippen LogP contribution < -0.4 is 51.4 Å². The Morgan fingerprint density at radius 3 is 2.33 bits per heavy atom. The smallest absolute Gasteiger partial charge is 0.412 e. The number of imidazole rings is 1. The molecule has 0 aliphatic rings. The first kappa shape index (κ1) is 17.4. The van der Waals surface area contributed by atoms with Crippen LogP contribution in [0, 0.1) is 24.7 Å². The molecule has 0 radical (unpaired) electrons. The Balaban J connectivity index is 0.00000144. The van der Waals surface area contributed by atoms with Crippen molar-refractivity contribution in [2.75, 3.05) is 0 Å². The van der Waals surface area contributed by atoms with E-state index in [1.54, 1.807) is 0 Å². The van der Waals surface area contributed by atoms with E-state index in [9.17, 15) is 0 Å². The Labute approximate surface area is 149 Å². The van der Waals surface area contributed by atoms with Crippen molar-refractivity contribution < 1.29 is 56.9 Å². The molecule has 1 aromatic carbocycles. The SMILES string of the molecule is Cc1cn(C)c(-c2ccc([CH-]C#N)cc2)n1.O.[K+]. The molecule has 2 aromatic rings. The maximum atomic E-state index is 8.53. The van der Waals surface area contributed by atoms with Gasteiger partial charge in [0.05, 0.1) is 5.69 Å². The average molecular weight is 267 g/mol. The van der Waals surface area contributed by atoms with Crippen molar-refractivity contribution in [3.63, 3.8) is 0 Å². The summed E-state index contributed by atoms with van der Waals surface area (Å²) in [5, 5.41) is 8.53. The van der Waals surface area contributed by atoms with Crippen molar-refractivity contribution in [1.29, 1.82) is 5.26 Å². The van der Waals surface area contributed by atoms with Crippen LogP contribution in [-0.4, -0.2) is 15.0 Å². The van der Waals surface area contributed by atoms with E-state index in [0.717, 1.165) is 22.6 Å². The van der Waals surface area contributed by atoms with E-state index < -0.39 is 0 Å². The van der Waals surface area contributed by atoms with E-state index in [1.165, 1.54) is 6.42 Å². The van der Waals surface area contributed by atoms with Gasteiger partial charge in [0.15, 0.2) is 0 Å². The van der Waals surface area contributed by atoms with Crippen LogP contribution in [0.5, 0.6) is 0 Å². The zero-order valence-electron chi connectivity index (χ0n) is 10.8. The number of benzene rings is 1. The van der Waals surface area contributed by atoms with Gasteiger partial charge >= 0.3 is 51.4 Å². The zero-order chi connectivity index (χ0) is 11.5. The van der Waals surface area contributed by atoms with Gasteiger partial charge in [-0.3, -0.25) is 0 Å². The molecule has 5 heteroatoms. The van der Waals surface area contributed by atoms with Crippen LogP contribution in [0.1, 0.15) is 11.3 Å². The van der Waals surface area contributed by atoms with Gasteiger partial charge < -0.3 is 10.0 Å². The van der Waals surface area contributed by atoms with Crippen molar-refractivity contribution in [1.82, 2.24) is 9.55 Å². The van der Waals surface area contributed by atoms with Crippen molar-refractivity contribution in [3.8, 4) is 17.5 Å². The molecule has 0 spiro atoms. The van der Waals surface area contributed by atoms with E-state index in [4.69, 9.17) is 5.26 Å². The Hall–Kier alpha value is -0.614. The summed E-state index contributed by atoms with van der Waals surface area (Å²) in [4.78, 5) is 4.44. The molecule has 2 N–H and O–H groups in total. The molecule has 88 valence electrons. The second kappa shape index (κ2) is 7.74. The third kappa shape index (κ3) is 3.95. The molecule has 2 rings (SSSR count). The molecule has 0 bridgehead atoms. The Morgan fingerprint density at radius 1 is 1.28 bits per heavy atom. The molecule has 0 saturated carbocycles. The van der Waals surface area contributed by atoms with Gasteiger partial charge in [-0.25, -0.2) is 10.2 Å². The van der Waals surface area contributed by atoms with Crippen molar-refractivity contribution >= 4 is 0 Å². The van der Waals surface area contributed by atoms with Crippen molar-refractivity contribution in [3.05, 3.63) is 48.1 Å². The maximum absolute atomic E-state index is 8.53. The quantitative estimate of drug-likeness (QED) is 0.498. The summed E-state index contributed by atoms with van der Waals surface area (Å²) >= 11 is 0. The number of hydrogen-bond acceptors (Lipinski definition) is 2. The molecule has 0 saturated heterocycles. The summed E-state index contributed by atoms with van der Waals surface area (Å²) in [5.74, 6) is 0.945. The number of hydrogen-bond donors (Lipinski definition) is 0. The summed E-state index contributed by atoms with van der Waals surface area (Å²) in [6.07, 6.45) is 3.51. The fourth-order valence-electron chi connectivity index (χ4n) is 1.69. The summed E-state index contributed by atoms with van der Waals surface area (Å²) < 4.78 is 2.00. The molecule has 4 nitrogen and oxygen atoms in total. The van der Waals surface area contributed by atoms with Gasteiger partial charge in [-0.05, 0) is 12.5 Å². The van der Waals surface area contributed by atoms with Gasteiger partial charge in [0, 0.05) is 19.3 Å². The summed E-state index contributed by atoms with van der Waals surface area (Å²) in [7, 11) is 1.98. The van der Waals surface area contributed by atoms with Crippen LogP contribution in [0.3, 0.4) is 0 Å². The number of rotatable bonds is 2. The predicted molar refractivity (Wildman–Crippen MR) is 66.0 cm³/mol. The number of aryl methyl sites for hydroxylation is 2. The molecule has 0 aliphatic heterocycles. The van der Waals surface area contributed by atoms with Gasteiger partial charge in [0.2, 0.25) is 0 Å². The molecule has 0 aliphatic carbocycles. The molecule has 0 amide bonds. The topological polar surface area (TPSA) is 73.1 Å². The fourth-order valence-corrected chi connectivity index (χ4v) is 1.69. The van der Waals surface area contributed by atoms with Crippen LogP contribution in [-0.2, 0) is 7.05 Å². The Bertz CT molecular complexity index is 540. The van der Waals surface area contributed by atoms with E-state index >= 15 is 0 Å². The molecule has 18 heavy (non-hydrogen) atoms. The third-order valence-electron chi connectivity index (χ3n) is 2.40. The summed E-state index contributed by atoms with van der Waals surface area (Å²) in [6, 6.07) is 9.81. The molecule has 1 heterocycles. The van der Waals surface area contributed by atoms with E-state index in [2.05, 4.69) is 4.98 Å². The first-order valence-corrected chi connectivity index (χ1v) is 5.04. The normalized spacial score (nSPS) is 8.72.